The van der Waals surface area contributed by atoms with E-state index in [-0.39, 0.29) is 5.91 Å². The number of halogens is 1. The number of anilines is 1. The van der Waals surface area contributed by atoms with E-state index in [0.29, 0.717) is 11.0 Å². The number of hydrogen-bond acceptors (Lipinski definition) is 3. The fourth-order valence-electron chi connectivity index (χ4n) is 2.67. The fraction of sp³-hybridized carbons (Fsp3) is 0.400. The summed E-state index contributed by atoms with van der Waals surface area (Å²) in [6.07, 6.45) is 4.35. The number of nitrogens with one attached hydrogen (secondary N) is 1. The predicted molar refractivity (Wildman–Crippen MR) is 81.3 cm³/mol. The molecule has 1 N–H and O–H groups in total. The predicted octanol–water partition coefficient (Wildman–Crippen LogP) is 3.01. The van der Waals surface area contributed by atoms with Gasteiger partial charge < -0.3 is 0 Å². The number of carbonyl (C=O) groups excluding carboxylic acids is 1. The van der Waals surface area contributed by atoms with E-state index in [0.717, 1.165) is 31.4 Å². The van der Waals surface area contributed by atoms with E-state index in [4.69, 9.17) is 11.6 Å². The van der Waals surface area contributed by atoms with Gasteiger partial charge in [-0.05, 0) is 37.5 Å². The van der Waals surface area contributed by atoms with Crippen LogP contribution in [0.1, 0.15) is 31.7 Å². The van der Waals surface area contributed by atoms with E-state index in [1.807, 2.05) is 31.2 Å². The molecule has 1 saturated carbocycles. The molecule has 0 atom stereocenters. The van der Waals surface area contributed by atoms with Crippen molar-refractivity contribution in [2.45, 2.75) is 38.1 Å². The van der Waals surface area contributed by atoms with Crippen molar-refractivity contribution in [1.29, 1.82) is 0 Å². The molecule has 1 amide bonds. The molecule has 0 radical (unpaired) electrons. The summed E-state index contributed by atoms with van der Waals surface area (Å²) in [6.45, 7) is 2.70. The summed E-state index contributed by atoms with van der Waals surface area (Å²) in [5.74, 6) is 0.326. The van der Waals surface area contributed by atoms with Crippen molar-refractivity contribution < 1.29 is 4.79 Å². The van der Waals surface area contributed by atoms with Crippen LogP contribution < -0.4 is 5.32 Å². The van der Waals surface area contributed by atoms with Gasteiger partial charge in [-0.3, -0.25) is 14.8 Å². The molecule has 1 aromatic heterocycles. The monoisotopic (exact) mass is 304 g/mol. The number of aryl methyl sites for hydroxylation is 1. The summed E-state index contributed by atoms with van der Waals surface area (Å²) >= 11 is 5.93. The maximum atomic E-state index is 12.7. The van der Waals surface area contributed by atoms with Crippen LogP contribution >= 0.6 is 11.6 Å². The average molecular weight is 305 g/mol. The Balaban J connectivity index is 1.82. The number of carbonyl (C=O) groups is 1. The zero-order valence-electron chi connectivity index (χ0n) is 11.8. The van der Waals surface area contributed by atoms with Gasteiger partial charge in [0.1, 0.15) is 6.33 Å². The molecular weight excluding hydrogens is 288 g/mol. The Morgan fingerprint density at radius 2 is 2.10 bits per heavy atom. The van der Waals surface area contributed by atoms with Crippen LogP contribution in [0, 0.1) is 0 Å². The maximum Gasteiger partial charge on any atom is 0.248 e. The smallest absolute Gasteiger partial charge is 0.248 e. The van der Waals surface area contributed by atoms with Gasteiger partial charge in [-0.15, -0.1) is 5.10 Å². The summed E-state index contributed by atoms with van der Waals surface area (Å²) in [4.78, 5) is 16.8. The van der Waals surface area contributed by atoms with Gasteiger partial charge in [-0.2, -0.15) is 0 Å². The van der Waals surface area contributed by atoms with Crippen LogP contribution in [0.3, 0.4) is 0 Å². The van der Waals surface area contributed by atoms with Gasteiger partial charge in [-0.25, -0.2) is 4.98 Å². The van der Waals surface area contributed by atoms with Gasteiger partial charge >= 0.3 is 0 Å². The van der Waals surface area contributed by atoms with E-state index < -0.39 is 5.41 Å². The molecule has 0 bridgehead atoms. The highest BCUT2D eigenvalue weighted by atomic mass is 35.5. The van der Waals surface area contributed by atoms with Crippen LogP contribution in [0.5, 0.6) is 0 Å². The minimum atomic E-state index is -0.470. The topological polar surface area (TPSA) is 59.8 Å². The molecule has 2 aromatic rings. The molecule has 1 heterocycles. The fourth-order valence-corrected chi connectivity index (χ4v) is 2.80. The lowest BCUT2D eigenvalue weighted by atomic mass is 9.64. The molecule has 0 aliphatic heterocycles. The second-order valence-electron chi connectivity index (χ2n) is 5.32. The molecule has 0 spiro atoms. The number of rotatable bonds is 4. The number of benzene rings is 1. The van der Waals surface area contributed by atoms with Crippen molar-refractivity contribution >= 4 is 23.5 Å². The van der Waals surface area contributed by atoms with Crippen molar-refractivity contribution in [3.05, 3.63) is 41.2 Å². The summed E-state index contributed by atoms with van der Waals surface area (Å²) in [6, 6.07) is 7.51. The first-order chi connectivity index (χ1) is 10.1. The molecular formula is C15H17ClN4O. The third-order valence-corrected chi connectivity index (χ3v) is 4.38. The molecule has 1 aromatic carbocycles. The summed E-state index contributed by atoms with van der Waals surface area (Å²) < 4.78 is 1.69. The Morgan fingerprint density at radius 1 is 1.38 bits per heavy atom. The quantitative estimate of drug-likeness (QED) is 0.944. The molecule has 0 unspecified atom stereocenters. The van der Waals surface area contributed by atoms with Crippen molar-refractivity contribution in [1.82, 2.24) is 14.8 Å². The van der Waals surface area contributed by atoms with Crippen LogP contribution in [0.25, 0.3) is 0 Å². The van der Waals surface area contributed by atoms with Crippen LogP contribution in [0.15, 0.2) is 30.6 Å². The third kappa shape index (κ3) is 2.53. The van der Waals surface area contributed by atoms with E-state index in [9.17, 15) is 4.79 Å². The lowest BCUT2D eigenvalue weighted by molar-refractivity contribution is -0.124. The summed E-state index contributed by atoms with van der Waals surface area (Å²) in [5.41, 5.74) is 0.535. The first kappa shape index (κ1) is 14.1. The molecule has 5 nitrogen and oxygen atoms in total. The zero-order valence-corrected chi connectivity index (χ0v) is 12.6. The third-order valence-electron chi connectivity index (χ3n) is 4.12. The van der Waals surface area contributed by atoms with E-state index in [2.05, 4.69) is 15.4 Å². The Kier molecular flexibility index (Phi) is 3.68. The van der Waals surface area contributed by atoms with Crippen molar-refractivity contribution in [2.75, 3.05) is 5.32 Å². The molecule has 1 fully saturated rings. The van der Waals surface area contributed by atoms with Gasteiger partial charge in [0.15, 0.2) is 0 Å². The molecule has 3 rings (SSSR count). The zero-order chi connectivity index (χ0) is 14.9. The van der Waals surface area contributed by atoms with Crippen LogP contribution in [0.4, 0.5) is 5.95 Å². The first-order valence-electron chi connectivity index (χ1n) is 7.11. The average Bonchev–Trinajstić information content (AvgIpc) is 2.87. The highest BCUT2D eigenvalue weighted by Gasteiger charge is 2.45. The Morgan fingerprint density at radius 3 is 2.62 bits per heavy atom. The van der Waals surface area contributed by atoms with E-state index >= 15 is 0 Å². The molecule has 1 aliphatic carbocycles. The highest BCUT2D eigenvalue weighted by molar-refractivity contribution is 6.30. The normalized spacial score (nSPS) is 16.3. The minimum Gasteiger partial charge on any atom is -0.292 e. The SMILES string of the molecule is CCn1cnc(NC(=O)C2(c3ccc(Cl)cc3)CCC2)n1. The van der Waals surface area contributed by atoms with Crippen molar-refractivity contribution in [2.24, 2.45) is 0 Å². The van der Waals surface area contributed by atoms with Crippen LogP contribution in [-0.2, 0) is 16.8 Å². The van der Waals surface area contributed by atoms with Gasteiger partial charge in [-0.1, -0.05) is 30.2 Å². The Hall–Kier alpha value is -1.88. The van der Waals surface area contributed by atoms with Gasteiger partial charge in [0.2, 0.25) is 11.9 Å². The Bertz CT molecular complexity index is 646. The van der Waals surface area contributed by atoms with E-state index in [1.54, 1.807) is 11.0 Å². The first-order valence-corrected chi connectivity index (χ1v) is 7.49. The molecule has 0 saturated heterocycles. The van der Waals surface area contributed by atoms with Crippen LogP contribution in [-0.4, -0.2) is 20.7 Å². The van der Waals surface area contributed by atoms with Crippen molar-refractivity contribution in [3.8, 4) is 0 Å². The number of nitrogens with zero attached hydrogens (tertiary/aromatic N) is 3. The van der Waals surface area contributed by atoms with Gasteiger partial charge in [0.05, 0.1) is 5.41 Å². The molecule has 110 valence electrons. The molecule has 6 heteroatoms. The molecule has 21 heavy (non-hydrogen) atoms. The maximum absolute atomic E-state index is 12.7. The number of amides is 1. The second kappa shape index (κ2) is 5.48. The standard InChI is InChI=1S/C15H17ClN4O/c1-2-20-10-17-14(19-20)18-13(21)15(8-3-9-15)11-4-6-12(16)7-5-11/h4-7,10H,2-3,8-9H2,1H3,(H,18,19,21). The minimum absolute atomic E-state index is 0.0371. The van der Waals surface area contributed by atoms with Crippen molar-refractivity contribution in [3.63, 3.8) is 0 Å². The number of aromatic nitrogens is 3. The number of hydrogen-bond donors (Lipinski definition) is 1. The Labute approximate surface area is 128 Å². The van der Waals surface area contributed by atoms with Gasteiger partial charge in [0.25, 0.3) is 0 Å². The summed E-state index contributed by atoms with van der Waals surface area (Å²) in [7, 11) is 0. The molecule has 1 aliphatic rings. The largest absolute Gasteiger partial charge is 0.292 e. The summed E-state index contributed by atoms with van der Waals surface area (Å²) in [5, 5.41) is 7.72. The van der Waals surface area contributed by atoms with E-state index in [1.165, 1.54) is 0 Å². The van der Waals surface area contributed by atoms with Gasteiger partial charge in [0, 0.05) is 11.6 Å². The van der Waals surface area contributed by atoms with Crippen LogP contribution in [0.2, 0.25) is 5.02 Å². The second-order valence-corrected chi connectivity index (χ2v) is 5.76. The lowest BCUT2D eigenvalue weighted by Gasteiger charge is -2.40. The lowest BCUT2D eigenvalue weighted by Crippen LogP contribution is -2.46. The highest BCUT2D eigenvalue weighted by Crippen LogP contribution is 2.44.